The normalized spacial score (nSPS) is 37.7. The zero-order valence-corrected chi connectivity index (χ0v) is 13.4. The standard InChI is InChI=1S/C15H22BrCl/c1-10-7-8-15(9-12(10)17)11(2)5-6-13(16)14(15,3)4/h13H,2,5-9H2,1,3-4H3. The molecule has 0 saturated heterocycles. The number of allylic oxidation sites excluding steroid dienone is 3. The van der Waals surface area contributed by atoms with Gasteiger partial charge in [0.25, 0.3) is 0 Å². The number of rotatable bonds is 0. The molecule has 0 amide bonds. The monoisotopic (exact) mass is 316 g/mol. The fourth-order valence-corrected chi connectivity index (χ4v) is 4.54. The maximum atomic E-state index is 6.45. The maximum Gasteiger partial charge on any atom is 0.0208 e. The van der Waals surface area contributed by atoms with Gasteiger partial charge in [0, 0.05) is 15.3 Å². The number of hydrogen-bond acceptors (Lipinski definition) is 0. The molecule has 0 nitrogen and oxygen atoms in total. The fraction of sp³-hybridized carbons (Fsp3) is 0.733. The third kappa shape index (κ3) is 1.94. The van der Waals surface area contributed by atoms with E-state index < -0.39 is 0 Å². The molecule has 2 atom stereocenters. The van der Waals surface area contributed by atoms with Gasteiger partial charge in [0.15, 0.2) is 0 Å². The van der Waals surface area contributed by atoms with Crippen LogP contribution in [0.15, 0.2) is 22.8 Å². The van der Waals surface area contributed by atoms with Gasteiger partial charge < -0.3 is 0 Å². The summed E-state index contributed by atoms with van der Waals surface area (Å²) in [6.07, 6.45) is 5.68. The summed E-state index contributed by atoms with van der Waals surface area (Å²) in [6.45, 7) is 11.3. The Morgan fingerprint density at radius 1 is 1.35 bits per heavy atom. The van der Waals surface area contributed by atoms with Crippen LogP contribution in [0, 0.1) is 10.8 Å². The maximum absolute atomic E-state index is 6.45. The molecule has 0 heterocycles. The van der Waals surface area contributed by atoms with E-state index in [1.807, 2.05) is 0 Å². The molecule has 0 aliphatic heterocycles. The summed E-state index contributed by atoms with van der Waals surface area (Å²) in [5.74, 6) is 0. The van der Waals surface area contributed by atoms with E-state index in [0.29, 0.717) is 4.83 Å². The molecule has 0 aromatic heterocycles. The van der Waals surface area contributed by atoms with E-state index in [1.165, 1.54) is 24.0 Å². The molecule has 0 radical (unpaired) electrons. The predicted molar refractivity (Wildman–Crippen MR) is 79.7 cm³/mol. The molecule has 0 aromatic rings. The van der Waals surface area contributed by atoms with Gasteiger partial charge in [-0.05, 0) is 44.4 Å². The molecular weight excluding hydrogens is 296 g/mol. The molecule has 96 valence electrons. The Labute approximate surface area is 119 Å². The quantitative estimate of drug-likeness (QED) is 0.391. The van der Waals surface area contributed by atoms with Crippen molar-refractivity contribution in [1.82, 2.24) is 0 Å². The average Bonchev–Trinajstić information content (AvgIpc) is 2.27. The summed E-state index contributed by atoms with van der Waals surface area (Å²) >= 11 is 10.3. The summed E-state index contributed by atoms with van der Waals surface area (Å²) in [5.41, 5.74) is 3.24. The summed E-state index contributed by atoms with van der Waals surface area (Å²) in [5, 5.41) is 1.08. The van der Waals surface area contributed by atoms with Crippen molar-refractivity contribution in [3.8, 4) is 0 Å². The molecule has 2 aliphatic carbocycles. The Bertz CT molecular complexity index is 380. The molecule has 2 aliphatic rings. The molecule has 1 fully saturated rings. The van der Waals surface area contributed by atoms with E-state index in [-0.39, 0.29) is 10.8 Å². The van der Waals surface area contributed by atoms with Crippen LogP contribution in [0.5, 0.6) is 0 Å². The zero-order chi connectivity index (χ0) is 12.8. The van der Waals surface area contributed by atoms with Crippen molar-refractivity contribution in [2.75, 3.05) is 0 Å². The molecule has 0 N–H and O–H groups in total. The third-order valence-corrected chi connectivity index (χ3v) is 7.30. The molecule has 2 rings (SSSR count). The van der Waals surface area contributed by atoms with Gasteiger partial charge in [-0.15, -0.1) is 0 Å². The van der Waals surface area contributed by atoms with Crippen molar-refractivity contribution in [2.24, 2.45) is 10.8 Å². The first-order valence-electron chi connectivity index (χ1n) is 6.48. The molecule has 1 spiro atoms. The number of alkyl halides is 1. The van der Waals surface area contributed by atoms with Crippen molar-refractivity contribution in [3.63, 3.8) is 0 Å². The van der Waals surface area contributed by atoms with Gasteiger partial charge in [-0.25, -0.2) is 0 Å². The van der Waals surface area contributed by atoms with Gasteiger partial charge in [0.05, 0.1) is 0 Å². The van der Waals surface area contributed by atoms with Gasteiger partial charge in [0.1, 0.15) is 0 Å². The van der Waals surface area contributed by atoms with E-state index in [1.54, 1.807) is 0 Å². The Kier molecular flexibility index (Phi) is 3.55. The van der Waals surface area contributed by atoms with Crippen LogP contribution in [0.4, 0.5) is 0 Å². The number of halogens is 2. The van der Waals surface area contributed by atoms with Crippen LogP contribution in [0.1, 0.15) is 52.9 Å². The molecule has 2 unspecified atom stereocenters. The van der Waals surface area contributed by atoms with Gasteiger partial charge in [-0.3, -0.25) is 0 Å². The van der Waals surface area contributed by atoms with E-state index in [0.717, 1.165) is 24.3 Å². The highest BCUT2D eigenvalue weighted by molar-refractivity contribution is 9.09. The first-order chi connectivity index (χ1) is 7.81. The summed E-state index contributed by atoms with van der Waals surface area (Å²) < 4.78 is 0. The van der Waals surface area contributed by atoms with E-state index in [9.17, 15) is 0 Å². The van der Waals surface area contributed by atoms with Crippen LogP contribution < -0.4 is 0 Å². The third-order valence-electron chi connectivity index (χ3n) is 5.24. The second-order valence-electron chi connectivity index (χ2n) is 6.28. The van der Waals surface area contributed by atoms with Crippen LogP contribution >= 0.6 is 27.5 Å². The molecule has 0 aromatic carbocycles. The minimum absolute atomic E-state index is 0.204. The van der Waals surface area contributed by atoms with Crippen molar-refractivity contribution >= 4 is 27.5 Å². The van der Waals surface area contributed by atoms with Gasteiger partial charge >= 0.3 is 0 Å². The van der Waals surface area contributed by atoms with Crippen LogP contribution in [0.2, 0.25) is 0 Å². The second-order valence-corrected chi connectivity index (χ2v) is 7.84. The largest absolute Gasteiger partial charge is 0.0993 e. The predicted octanol–water partition coefficient (Wildman–Crippen LogP) is 5.81. The van der Waals surface area contributed by atoms with Crippen molar-refractivity contribution < 1.29 is 0 Å². The lowest BCUT2D eigenvalue weighted by Gasteiger charge is -2.56. The van der Waals surface area contributed by atoms with E-state index >= 15 is 0 Å². The Morgan fingerprint density at radius 3 is 2.59 bits per heavy atom. The highest BCUT2D eigenvalue weighted by Crippen LogP contribution is 2.62. The topological polar surface area (TPSA) is 0 Å². The SMILES string of the molecule is C=C1CCC(Br)C(C)(C)C12CCC(C)=C(Cl)C2. The van der Waals surface area contributed by atoms with Crippen LogP contribution in [0.25, 0.3) is 0 Å². The fourth-order valence-electron chi connectivity index (χ4n) is 3.55. The summed E-state index contributed by atoms with van der Waals surface area (Å²) in [7, 11) is 0. The average molecular weight is 318 g/mol. The summed E-state index contributed by atoms with van der Waals surface area (Å²) in [4.78, 5) is 0.573. The molecule has 2 heteroatoms. The van der Waals surface area contributed by atoms with E-state index in [2.05, 4.69) is 43.3 Å². The van der Waals surface area contributed by atoms with Crippen LogP contribution in [0.3, 0.4) is 0 Å². The lowest BCUT2D eigenvalue weighted by atomic mass is 9.51. The lowest BCUT2D eigenvalue weighted by molar-refractivity contribution is 0.0655. The highest BCUT2D eigenvalue weighted by atomic mass is 79.9. The Balaban J connectivity index is 2.43. The molecule has 0 bridgehead atoms. The minimum atomic E-state index is 0.204. The van der Waals surface area contributed by atoms with Crippen molar-refractivity contribution in [3.05, 3.63) is 22.8 Å². The second kappa shape index (κ2) is 4.42. The van der Waals surface area contributed by atoms with Crippen molar-refractivity contribution in [2.45, 2.75) is 57.7 Å². The molecular formula is C15H22BrCl. The van der Waals surface area contributed by atoms with Gasteiger partial charge in [-0.1, -0.05) is 59.1 Å². The highest BCUT2D eigenvalue weighted by Gasteiger charge is 2.53. The van der Waals surface area contributed by atoms with Crippen molar-refractivity contribution in [1.29, 1.82) is 0 Å². The molecule has 1 saturated carbocycles. The lowest BCUT2D eigenvalue weighted by Crippen LogP contribution is -2.49. The van der Waals surface area contributed by atoms with E-state index in [4.69, 9.17) is 11.6 Å². The van der Waals surface area contributed by atoms with Crippen LogP contribution in [-0.2, 0) is 0 Å². The Morgan fingerprint density at radius 2 is 2.00 bits per heavy atom. The number of hydrogen-bond donors (Lipinski definition) is 0. The zero-order valence-electron chi connectivity index (χ0n) is 11.1. The van der Waals surface area contributed by atoms with Crippen LogP contribution in [-0.4, -0.2) is 4.83 Å². The first-order valence-corrected chi connectivity index (χ1v) is 7.77. The minimum Gasteiger partial charge on any atom is -0.0993 e. The van der Waals surface area contributed by atoms with Gasteiger partial charge in [0.2, 0.25) is 0 Å². The Hall–Kier alpha value is 0.250. The summed E-state index contributed by atoms with van der Waals surface area (Å²) in [6, 6.07) is 0. The van der Waals surface area contributed by atoms with Gasteiger partial charge in [-0.2, -0.15) is 0 Å². The first kappa shape index (κ1) is 13.7. The molecule has 17 heavy (non-hydrogen) atoms. The smallest absolute Gasteiger partial charge is 0.0208 e.